The molecule has 2 aromatic rings. The van der Waals surface area contributed by atoms with Gasteiger partial charge in [-0.15, -0.1) is 0 Å². The topological polar surface area (TPSA) is 83.1 Å². The molecule has 1 aliphatic heterocycles. The van der Waals surface area contributed by atoms with E-state index in [2.05, 4.69) is 4.72 Å². The van der Waals surface area contributed by atoms with Crippen LogP contribution in [-0.4, -0.2) is 41.9 Å². The van der Waals surface area contributed by atoms with E-state index in [0.717, 1.165) is 0 Å². The van der Waals surface area contributed by atoms with Gasteiger partial charge in [-0.25, -0.2) is 13.1 Å². The van der Waals surface area contributed by atoms with Crippen LogP contribution in [0.5, 0.6) is 23.0 Å². The van der Waals surface area contributed by atoms with Gasteiger partial charge in [-0.1, -0.05) is 12.1 Å². The van der Waals surface area contributed by atoms with Crippen molar-refractivity contribution in [3.05, 3.63) is 42.5 Å². The molecule has 25 heavy (non-hydrogen) atoms. The second-order valence-corrected chi connectivity index (χ2v) is 6.97. The molecule has 0 bridgehead atoms. The van der Waals surface area contributed by atoms with E-state index < -0.39 is 10.0 Å². The normalized spacial score (nSPS) is 13.3. The SMILES string of the molecule is COc1ccccc1OCCNS(=O)(=O)c1ccc2c(c1)OCCO2. The summed E-state index contributed by atoms with van der Waals surface area (Å²) in [7, 11) is -2.11. The van der Waals surface area contributed by atoms with E-state index in [9.17, 15) is 8.42 Å². The molecule has 0 amide bonds. The molecule has 0 atom stereocenters. The first-order valence-electron chi connectivity index (χ1n) is 7.75. The Morgan fingerprint density at radius 2 is 1.76 bits per heavy atom. The van der Waals surface area contributed by atoms with Crippen LogP contribution in [0.15, 0.2) is 47.4 Å². The molecule has 1 heterocycles. The van der Waals surface area contributed by atoms with Crippen LogP contribution >= 0.6 is 0 Å². The lowest BCUT2D eigenvalue weighted by Crippen LogP contribution is -2.28. The van der Waals surface area contributed by atoms with Crippen molar-refractivity contribution in [2.75, 3.05) is 33.5 Å². The molecule has 0 spiro atoms. The first-order valence-corrected chi connectivity index (χ1v) is 9.23. The second kappa shape index (κ2) is 7.62. The third-order valence-corrected chi connectivity index (χ3v) is 5.00. The lowest BCUT2D eigenvalue weighted by atomic mass is 10.3. The highest BCUT2D eigenvalue weighted by atomic mass is 32.2. The highest BCUT2D eigenvalue weighted by molar-refractivity contribution is 7.89. The fourth-order valence-electron chi connectivity index (χ4n) is 2.35. The van der Waals surface area contributed by atoms with E-state index in [4.69, 9.17) is 18.9 Å². The number of benzene rings is 2. The Labute approximate surface area is 146 Å². The standard InChI is InChI=1S/C17H19NO6S/c1-21-14-4-2-3-5-15(14)22-9-8-18-25(19,20)13-6-7-16-17(12-13)24-11-10-23-16/h2-7,12,18H,8-11H2,1H3. The van der Waals surface area contributed by atoms with Crippen molar-refractivity contribution in [1.82, 2.24) is 4.72 Å². The molecule has 0 saturated carbocycles. The van der Waals surface area contributed by atoms with E-state index in [0.29, 0.717) is 36.2 Å². The van der Waals surface area contributed by atoms with Crippen molar-refractivity contribution >= 4 is 10.0 Å². The molecule has 7 nitrogen and oxygen atoms in total. The Bertz CT molecular complexity index is 837. The molecular weight excluding hydrogens is 346 g/mol. The number of ether oxygens (including phenoxy) is 4. The number of rotatable bonds is 7. The van der Waals surface area contributed by atoms with Gasteiger partial charge in [0.05, 0.1) is 12.0 Å². The third kappa shape index (κ3) is 4.15. The average molecular weight is 365 g/mol. The van der Waals surface area contributed by atoms with E-state index in [-0.39, 0.29) is 18.0 Å². The van der Waals surface area contributed by atoms with Gasteiger partial charge in [0.1, 0.15) is 19.8 Å². The predicted molar refractivity (Wildman–Crippen MR) is 91.1 cm³/mol. The fraction of sp³-hybridized carbons (Fsp3) is 0.294. The second-order valence-electron chi connectivity index (χ2n) is 5.20. The summed E-state index contributed by atoms with van der Waals surface area (Å²) < 4.78 is 48.8. The monoisotopic (exact) mass is 365 g/mol. The zero-order valence-electron chi connectivity index (χ0n) is 13.7. The Morgan fingerprint density at radius 3 is 2.52 bits per heavy atom. The Kier molecular flexibility index (Phi) is 5.30. The average Bonchev–Trinajstić information content (AvgIpc) is 2.65. The van der Waals surface area contributed by atoms with Crippen molar-refractivity contribution in [3.8, 4) is 23.0 Å². The lowest BCUT2D eigenvalue weighted by molar-refractivity contribution is 0.171. The predicted octanol–water partition coefficient (Wildman–Crippen LogP) is 1.82. The molecule has 2 aromatic carbocycles. The fourth-order valence-corrected chi connectivity index (χ4v) is 3.38. The van der Waals surface area contributed by atoms with Gasteiger partial charge in [0.15, 0.2) is 23.0 Å². The molecule has 0 aliphatic carbocycles. The number of hydrogen-bond acceptors (Lipinski definition) is 6. The highest BCUT2D eigenvalue weighted by Gasteiger charge is 2.19. The Hall–Kier alpha value is -2.45. The van der Waals surface area contributed by atoms with Gasteiger partial charge < -0.3 is 18.9 Å². The summed E-state index contributed by atoms with van der Waals surface area (Å²) >= 11 is 0. The summed E-state index contributed by atoms with van der Waals surface area (Å²) in [6.07, 6.45) is 0. The molecule has 0 aromatic heterocycles. The minimum Gasteiger partial charge on any atom is -0.493 e. The smallest absolute Gasteiger partial charge is 0.240 e. The maximum absolute atomic E-state index is 12.4. The van der Waals surface area contributed by atoms with Crippen molar-refractivity contribution < 1.29 is 27.4 Å². The van der Waals surface area contributed by atoms with Crippen LogP contribution in [0, 0.1) is 0 Å². The van der Waals surface area contributed by atoms with Crippen LogP contribution in [0.25, 0.3) is 0 Å². The number of nitrogens with one attached hydrogen (secondary N) is 1. The molecule has 1 aliphatic rings. The summed E-state index contributed by atoms with van der Waals surface area (Å²) in [5.74, 6) is 2.13. The summed E-state index contributed by atoms with van der Waals surface area (Å²) in [5, 5.41) is 0. The van der Waals surface area contributed by atoms with Gasteiger partial charge in [0.25, 0.3) is 0 Å². The lowest BCUT2D eigenvalue weighted by Gasteiger charge is -2.19. The molecule has 0 saturated heterocycles. The van der Waals surface area contributed by atoms with E-state index in [1.165, 1.54) is 12.1 Å². The summed E-state index contributed by atoms with van der Waals surface area (Å²) in [4.78, 5) is 0.119. The molecule has 0 fully saturated rings. The quantitative estimate of drug-likeness (QED) is 0.754. The third-order valence-electron chi connectivity index (χ3n) is 3.54. The van der Waals surface area contributed by atoms with Crippen LogP contribution in [0.3, 0.4) is 0 Å². The first-order chi connectivity index (χ1) is 12.1. The molecule has 134 valence electrons. The number of fused-ring (bicyclic) bond motifs is 1. The van der Waals surface area contributed by atoms with Gasteiger partial charge in [0.2, 0.25) is 10.0 Å². The number of sulfonamides is 1. The van der Waals surface area contributed by atoms with Crippen LogP contribution in [-0.2, 0) is 10.0 Å². The molecule has 0 radical (unpaired) electrons. The van der Waals surface area contributed by atoms with E-state index in [1.54, 1.807) is 25.3 Å². The van der Waals surface area contributed by atoms with Crippen molar-refractivity contribution in [2.24, 2.45) is 0 Å². The van der Waals surface area contributed by atoms with Crippen LogP contribution in [0.2, 0.25) is 0 Å². The Morgan fingerprint density at radius 1 is 1.04 bits per heavy atom. The minimum atomic E-state index is -3.66. The largest absolute Gasteiger partial charge is 0.493 e. The van der Waals surface area contributed by atoms with Crippen LogP contribution in [0.4, 0.5) is 0 Å². The molecule has 3 rings (SSSR count). The number of methoxy groups -OCH3 is 1. The number of para-hydroxylation sites is 2. The van der Waals surface area contributed by atoms with E-state index in [1.807, 2.05) is 12.1 Å². The van der Waals surface area contributed by atoms with Crippen molar-refractivity contribution in [3.63, 3.8) is 0 Å². The zero-order valence-corrected chi connectivity index (χ0v) is 14.5. The van der Waals surface area contributed by atoms with Gasteiger partial charge in [-0.3, -0.25) is 0 Å². The van der Waals surface area contributed by atoms with Gasteiger partial charge in [-0.05, 0) is 24.3 Å². The highest BCUT2D eigenvalue weighted by Crippen LogP contribution is 2.32. The molecule has 0 unspecified atom stereocenters. The maximum Gasteiger partial charge on any atom is 0.240 e. The van der Waals surface area contributed by atoms with Crippen LogP contribution in [0.1, 0.15) is 0 Å². The molecule has 1 N–H and O–H groups in total. The zero-order chi connectivity index (χ0) is 17.7. The summed E-state index contributed by atoms with van der Waals surface area (Å²) in [6.45, 7) is 1.15. The summed E-state index contributed by atoms with van der Waals surface area (Å²) in [5.41, 5.74) is 0. The van der Waals surface area contributed by atoms with Gasteiger partial charge in [0, 0.05) is 12.6 Å². The Balaban J connectivity index is 1.59. The van der Waals surface area contributed by atoms with E-state index >= 15 is 0 Å². The van der Waals surface area contributed by atoms with Gasteiger partial charge in [-0.2, -0.15) is 0 Å². The van der Waals surface area contributed by atoms with Crippen LogP contribution < -0.4 is 23.7 Å². The minimum absolute atomic E-state index is 0.119. The molecular formula is C17H19NO6S. The molecule has 8 heteroatoms. The maximum atomic E-state index is 12.4. The van der Waals surface area contributed by atoms with Gasteiger partial charge >= 0.3 is 0 Å². The summed E-state index contributed by atoms with van der Waals surface area (Å²) in [6, 6.07) is 11.7. The van der Waals surface area contributed by atoms with Crippen molar-refractivity contribution in [1.29, 1.82) is 0 Å². The van der Waals surface area contributed by atoms with Crippen molar-refractivity contribution in [2.45, 2.75) is 4.90 Å². The number of hydrogen-bond donors (Lipinski definition) is 1. The first kappa shape index (κ1) is 17.4.